The normalized spacial score (nSPS) is 18.7. The van der Waals surface area contributed by atoms with E-state index in [1.54, 1.807) is 0 Å². The van der Waals surface area contributed by atoms with Crippen LogP contribution in [0.2, 0.25) is 0 Å². The summed E-state index contributed by atoms with van der Waals surface area (Å²) in [6.45, 7) is 1.54. The fourth-order valence-corrected chi connectivity index (χ4v) is 8.11. The summed E-state index contributed by atoms with van der Waals surface area (Å²) in [5.74, 6) is 0.270. The van der Waals surface area contributed by atoms with Crippen LogP contribution < -0.4 is 10.1 Å². The highest BCUT2D eigenvalue weighted by atomic mass is 79.9. The molecule has 4 aromatic rings. The van der Waals surface area contributed by atoms with E-state index in [0.29, 0.717) is 38.3 Å². The highest BCUT2D eigenvalue weighted by Gasteiger charge is 2.53. The van der Waals surface area contributed by atoms with Crippen LogP contribution >= 0.6 is 55.0 Å². The third-order valence-electron chi connectivity index (χ3n) is 6.49. The highest BCUT2D eigenvalue weighted by molar-refractivity contribution is 9.11. The zero-order chi connectivity index (χ0) is 27.3. The number of carbonyl (C=O) groups is 3. The fraction of sp³-hybridized carbons (Fsp3) is 0.222. The van der Waals surface area contributed by atoms with Crippen LogP contribution in [0.5, 0.6) is 5.75 Å². The number of para-hydroxylation sites is 2. The highest BCUT2D eigenvalue weighted by Crippen LogP contribution is 2.42. The zero-order valence-electron chi connectivity index (χ0n) is 20.4. The third kappa shape index (κ3) is 4.88. The number of Topliss-reactive ketones (excluding diaryl/α,β-unsaturated/α-hetero) is 1. The minimum atomic E-state index is -0.660. The van der Waals surface area contributed by atoms with Crippen molar-refractivity contribution in [1.82, 2.24) is 20.2 Å². The predicted octanol–water partition coefficient (Wildman–Crippen LogP) is 5.23. The van der Waals surface area contributed by atoms with Gasteiger partial charge >= 0.3 is 0 Å². The summed E-state index contributed by atoms with van der Waals surface area (Å²) in [7, 11) is 0. The molecular formula is C27H20Br2N4O4S2. The van der Waals surface area contributed by atoms with Crippen molar-refractivity contribution in [3.8, 4) is 5.75 Å². The number of carbonyl (C=O) groups excluding carboxylic acids is 3. The molecule has 0 saturated carbocycles. The van der Waals surface area contributed by atoms with E-state index < -0.39 is 6.04 Å². The molecule has 1 N–H and O–H groups in total. The number of hydrogen-bond donors (Lipinski definition) is 1. The molecule has 0 radical (unpaired) electrons. The lowest BCUT2D eigenvalue weighted by atomic mass is 10.0. The van der Waals surface area contributed by atoms with E-state index in [-0.39, 0.29) is 36.0 Å². The Hall–Kier alpha value is -2.80. The number of thioether (sulfide) groups is 1. The SMILES string of the molecule is CC(=O)C1=C(COc2c(Br)cc(Br)c3nc4ccccc4nc23)CS[C@@H]2[C@H](NC(=O)Cc3cccs3)C(=O)N12. The molecule has 4 heterocycles. The van der Waals surface area contributed by atoms with Crippen molar-refractivity contribution in [2.75, 3.05) is 12.4 Å². The Bertz CT molecular complexity index is 1690. The number of allylic oxidation sites excluding steroid dienone is 1. The first-order valence-electron chi connectivity index (χ1n) is 12.0. The van der Waals surface area contributed by atoms with Crippen molar-refractivity contribution in [3.63, 3.8) is 0 Å². The van der Waals surface area contributed by atoms with Crippen LogP contribution in [0, 0.1) is 0 Å². The van der Waals surface area contributed by atoms with Crippen LogP contribution in [-0.2, 0) is 20.8 Å². The lowest BCUT2D eigenvalue weighted by Gasteiger charge is -2.50. The van der Waals surface area contributed by atoms with Crippen LogP contribution in [0.15, 0.2) is 68.1 Å². The average molecular weight is 688 g/mol. The molecular weight excluding hydrogens is 668 g/mol. The molecule has 2 amide bonds. The van der Waals surface area contributed by atoms with Crippen LogP contribution in [0.25, 0.3) is 22.1 Å². The second-order valence-electron chi connectivity index (χ2n) is 9.09. The number of rotatable bonds is 7. The number of ketones is 1. The number of nitrogens with zero attached hydrogens (tertiary/aromatic N) is 3. The van der Waals surface area contributed by atoms with Gasteiger partial charge in [-0.15, -0.1) is 23.1 Å². The van der Waals surface area contributed by atoms with Gasteiger partial charge in [0.2, 0.25) is 5.91 Å². The van der Waals surface area contributed by atoms with Gasteiger partial charge in [-0.2, -0.15) is 0 Å². The van der Waals surface area contributed by atoms with Crippen LogP contribution in [0.1, 0.15) is 11.8 Å². The molecule has 8 nitrogen and oxygen atoms in total. The van der Waals surface area contributed by atoms with E-state index in [0.717, 1.165) is 20.4 Å². The summed E-state index contributed by atoms with van der Waals surface area (Å²) in [4.78, 5) is 50.3. The molecule has 0 aliphatic carbocycles. The number of amides is 2. The number of hydrogen-bond acceptors (Lipinski definition) is 8. The molecule has 1 fully saturated rings. The number of ether oxygens (including phenoxy) is 1. The molecule has 6 rings (SSSR count). The maximum Gasteiger partial charge on any atom is 0.253 e. The summed E-state index contributed by atoms with van der Waals surface area (Å²) in [6.07, 6.45) is 0.224. The lowest BCUT2D eigenvalue weighted by Crippen LogP contribution is -2.70. The van der Waals surface area contributed by atoms with Crippen molar-refractivity contribution in [2.24, 2.45) is 0 Å². The van der Waals surface area contributed by atoms with Gasteiger partial charge in [-0.05, 0) is 61.5 Å². The number of thiophene rings is 1. The Labute approximate surface area is 248 Å². The van der Waals surface area contributed by atoms with Crippen molar-refractivity contribution >= 4 is 94.6 Å². The van der Waals surface area contributed by atoms with E-state index >= 15 is 0 Å². The molecule has 0 bridgehead atoms. The topological polar surface area (TPSA) is 101 Å². The van der Waals surface area contributed by atoms with Gasteiger partial charge in [-0.3, -0.25) is 19.3 Å². The number of aromatic nitrogens is 2. The number of nitrogens with one attached hydrogen (secondary N) is 1. The molecule has 0 unspecified atom stereocenters. The third-order valence-corrected chi connectivity index (χ3v) is 9.89. The number of β-lactam (4-membered cyclic amide) rings is 1. The molecule has 2 atom stereocenters. The van der Waals surface area contributed by atoms with Crippen molar-refractivity contribution in [1.29, 1.82) is 0 Å². The molecule has 12 heteroatoms. The van der Waals surface area contributed by atoms with E-state index in [4.69, 9.17) is 14.7 Å². The molecule has 2 aliphatic rings. The van der Waals surface area contributed by atoms with Gasteiger partial charge in [0.25, 0.3) is 5.91 Å². The first kappa shape index (κ1) is 26.4. The van der Waals surface area contributed by atoms with Crippen LogP contribution in [0.4, 0.5) is 0 Å². The summed E-state index contributed by atoms with van der Waals surface area (Å²) in [5, 5.41) is 4.43. The Morgan fingerprint density at radius 1 is 1.10 bits per heavy atom. The van der Waals surface area contributed by atoms with Gasteiger partial charge in [0.05, 0.1) is 27.6 Å². The number of fused-ring (bicyclic) bond motifs is 3. The van der Waals surface area contributed by atoms with Crippen molar-refractivity contribution < 1.29 is 19.1 Å². The van der Waals surface area contributed by atoms with Crippen LogP contribution in [-0.4, -0.2) is 56.2 Å². The van der Waals surface area contributed by atoms with Gasteiger partial charge in [-0.1, -0.05) is 18.2 Å². The molecule has 0 spiro atoms. The smallest absolute Gasteiger partial charge is 0.253 e. The summed E-state index contributed by atoms with van der Waals surface area (Å²) in [5.41, 5.74) is 3.78. The Morgan fingerprint density at radius 2 is 1.85 bits per heavy atom. The molecule has 2 aromatic heterocycles. The maximum atomic E-state index is 13.1. The Kier molecular flexibility index (Phi) is 7.21. The Balaban J connectivity index is 1.25. The number of benzene rings is 2. The number of halogens is 2. The van der Waals surface area contributed by atoms with Gasteiger partial charge in [0.1, 0.15) is 29.1 Å². The Morgan fingerprint density at radius 3 is 2.54 bits per heavy atom. The quantitative estimate of drug-likeness (QED) is 0.210. The molecule has 1 saturated heterocycles. The van der Waals surface area contributed by atoms with E-state index in [1.165, 1.54) is 34.9 Å². The van der Waals surface area contributed by atoms with Gasteiger partial charge < -0.3 is 10.1 Å². The standard InChI is InChI=1S/C27H20Br2N4O4S2/c1-13(34)24-14(12-39-27-23(26(36)33(24)27)32-20(35)9-15-5-4-8-38-15)11-37-25-17(29)10-16(28)21-22(25)31-19-7-3-2-6-18(19)30-21/h2-8,10,23,27H,9,11-12H2,1H3,(H,32,35)/t23-,27-/m1/s1. The zero-order valence-corrected chi connectivity index (χ0v) is 25.2. The van der Waals surface area contributed by atoms with Gasteiger partial charge in [0, 0.05) is 27.6 Å². The van der Waals surface area contributed by atoms with Crippen molar-refractivity contribution in [2.45, 2.75) is 24.8 Å². The van der Waals surface area contributed by atoms with E-state index in [9.17, 15) is 14.4 Å². The molecule has 2 aliphatic heterocycles. The van der Waals surface area contributed by atoms with Gasteiger partial charge in [-0.25, -0.2) is 9.97 Å². The maximum absolute atomic E-state index is 13.1. The fourth-order valence-electron chi connectivity index (χ4n) is 4.73. The van der Waals surface area contributed by atoms with Crippen molar-refractivity contribution in [3.05, 3.63) is 72.9 Å². The summed E-state index contributed by atoms with van der Waals surface area (Å²) >= 11 is 10.2. The summed E-state index contributed by atoms with van der Waals surface area (Å²) < 4.78 is 7.72. The van der Waals surface area contributed by atoms with Crippen LogP contribution in [0.3, 0.4) is 0 Å². The largest absolute Gasteiger partial charge is 0.486 e. The van der Waals surface area contributed by atoms with Gasteiger partial charge in [0.15, 0.2) is 11.5 Å². The minimum Gasteiger partial charge on any atom is -0.486 e. The monoisotopic (exact) mass is 686 g/mol. The van der Waals surface area contributed by atoms with E-state index in [2.05, 4.69) is 37.2 Å². The second-order valence-corrected chi connectivity index (χ2v) is 12.9. The summed E-state index contributed by atoms with van der Waals surface area (Å²) in [6, 6.07) is 12.6. The first-order valence-corrected chi connectivity index (χ1v) is 15.5. The predicted molar refractivity (Wildman–Crippen MR) is 159 cm³/mol. The van der Waals surface area contributed by atoms with E-state index in [1.807, 2.05) is 47.8 Å². The molecule has 39 heavy (non-hydrogen) atoms. The second kappa shape index (κ2) is 10.6. The molecule has 2 aromatic carbocycles. The molecule has 198 valence electrons. The first-order chi connectivity index (χ1) is 18.8. The average Bonchev–Trinajstić information content (AvgIpc) is 3.43. The lowest BCUT2D eigenvalue weighted by molar-refractivity contribution is -0.147. The minimum absolute atomic E-state index is 0.0949.